The Labute approximate surface area is 107 Å². The Morgan fingerprint density at radius 2 is 2.12 bits per heavy atom. The number of methoxy groups -OCH3 is 1. The summed E-state index contributed by atoms with van der Waals surface area (Å²) >= 11 is 6.12. The van der Waals surface area contributed by atoms with Crippen LogP contribution in [0.5, 0.6) is 0 Å². The van der Waals surface area contributed by atoms with E-state index in [9.17, 15) is 4.79 Å². The molecule has 1 rings (SSSR count). The van der Waals surface area contributed by atoms with Crippen molar-refractivity contribution in [3.8, 4) is 0 Å². The number of ether oxygens (including phenoxy) is 1. The van der Waals surface area contributed by atoms with Crippen LogP contribution in [0.2, 0.25) is 5.02 Å². The Morgan fingerprint density at radius 3 is 2.71 bits per heavy atom. The minimum absolute atomic E-state index is 0.0638. The van der Waals surface area contributed by atoms with Gasteiger partial charge in [-0.1, -0.05) is 29.8 Å². The molecule has 4 heteroatoms. The molecule has 1 unspecified atom stereocenters. The molecule has 1 atom stereocenters. The molecule has 0 heterocycles. The lowest BCUT2D eigenvalue weighted by molar-refractivity contribution is -0.123. The summed E-state index contributed by atoms with van der Waals surface area (Å²) < 4.78 is 4.81. The van der Waals surface area contributed by atoms with E-state index >= 15 is 0 Å². The van der Waals surface area contributed by atoms with Crippen LogP contribution in [0.1, 0.15) is 18.5 Å². The van der Waals surface area contributed by atoms with Crippen molar-refractivity contribution in [2.45, 2.75) is 13.0 Å². The lowest BCUT2D eigenvalue weighted by atomic mass is 10.1. The molecule has 0 saturated heterocycles. The predicted octanol–water partition coefficient (Wildman–Crippen LogP) is 2.55. The maximum atomic E-state index is 11.5. The number of carbonyl (C=O) groups is 1. The fourth-order valence-electron chi connectivity index (χ4n) is 1.67. The van der Waals surface area contributed by atoms with Crippen LogP contribution >= 0.6 is 11.6 Å². The number of ketones is 1. The van der Waals surface area contributed by atoms with Crippen molar-refractivity contribution in [2.24, 2.45) is 0 Å². The van der Waals surface area contributed by atoms with Crippen LogP contribution in [0.3, 0.4) is 0 Å². The molecule has 0 aliphatic heterocycles. The maximum absolute atomic E-state index is 11.5. The molecule has 0 fully saturated rings. The summed E-state index contributed by atoms with van der Waals surface area (Å²) in [5.41, 5.74) is 1.03. The Hall–Kier alpha value is -0.900. The molecule has 1 aromatic carbocycles. The highest BCUT2D eigenvalue weighted by atomic mass is 35.5. The van der Waals surface area contributed by atoms with Crippen LogP contribution in [0.4, 0.5) is 0 Å². The topological polar surface area (TPSA) is 29.5 Å². The summed E-state index contributed by atoms with van der Waals surface area (Å²) in [6.07, 6.45) is 0. The highest BCUT2D eigenvalue weighted by molar-refractivity contribution is 6.31. The second-order valence-corrected chi connectivity index (χ2v) is 4.49. The van der Waals surface area contributed by atoms with Crippen LogP contribution in [0, 0.1) is 0 Å². The normalized spacial score (nSPS) is 12.8. The Kier molecular flexibility index (Phi) is 5.62. The average molecular weight is 256 g/mol. The Morgan fingerprint density at radius 1 is 1.47 bits per heavy atom. The van der Waals surface area contributed by atoms with Crippen molar-refractivity contribution in [1.29, 1.82) is 0 Å². The lowest BCUT2D eigenvalue weighted by Gasteiger charge is -2.25. The first-order valence-electron chi connectivity index (χ1n) is 5.51. The first-order valence-corrected chi connectivity index (χ1v) is 5.89. The van der Waals surface area contributed by atoms with Crippen molar-refractivity contribution in [3.63, 3.8) is 0 Å². The van der Waals surface area contributed by atoms with Gasteiger partial charge in [0.05, 0.1) is 6.54 Å². The fourth-order valence-corrected chi connectivity index (χ4v) is 1.97. The fraction of sp³-hybridized carbons (Fsp3) is 0.462. The number of rotatable bonds is 6. The van der Waals surface area contributed by atoms with Gasteiger partial charge in [0.2, 0.25) is 0 Å². The number of hydrogen-bond acceptors (Lipinski definition) is 3. The zero-order chi connectivity index (χ0) is 12.8. The van der Waals surface area contributed by atoms with Gasteiger partial charge in [0.15, 0.2) is 5.78 Å². The van der Waals surface area contributed by atoms with Gasteiger partial charge >= 0.3 is 0 Å². The molecule has 1 aromatic rings. The summed E-state index contributed by atoms with van der Waals surface area (Å²) in [5.74, 6) is 0.0638. The predicted molar refractivity (Wildman–Crippen MR) is 69.4 cm³/mol. The monoisotopic (exact) mass is 255 g/mol. The number of likely N-dealkylation sites (N-methyl/N-ethyl adjacent to an activating group) is 1. The molecule has 17 heavy (non-hydrogen) atoms. The minimum Gasteiger partial charge on any atom is -0.377 e. The van der Waals surface area contributed by atoms with Gasteiger partial charge in [-0.05, 0) is 25.6 Å². The van der Waals surface area contributed by atoms with Gasteiger partial charge in [0.25, 0.3) is 0 Å². The van der Waals surface area contributed by atoms with Crippen molar-refractivity contribution < 1.29 is 9.53 Å². The van der Waals surface area contributed by atoms with Crippen molar-refractivity contribution in [1.82, 2.24) is 4.90 Å². The first-order chi connectivity index (χ1) is 8.06. The van der Waals surface area contributed by atoms with Crippen LogP contribution in [-0.4, -0.2) is 38.0 Å². The van der Waals surface area contributed by atoms with Crippen LogP contribution in [-0.2, 0) is 9.53 Å². The third-order valence-electron chi connectivity index (χ3n) is 2.75. The van der Waals surface area contributed by atoms with Crippen molar-refractivity contribution in [3.05, 3.63) is 34.9 Å². The maximum Gasteiger partial charge on any atom is 0.172 e. The third kappa shape index (κ3) is 4.11. The van der Waals surface area contributed by atoms with E-state index in [4.69, 9.17) is 16.3 Å². The Bertz CT molecular complexity index is 381. The van der Waals surface area contributed by atoms with Crippen molar-refractivity contribution >= 4 is 17.4 Å². The molecule has 0 bridgehead atoms. The van der Waals surface area contributed by atoms with Gasteiger partial charge in [-0.15, -0.1) is 0 Å². The number of halogens is 1. The van der Waals surface area contributed by atoms with E-state index < -0.39 is 0 Å². The number of nitrogens with zero attached hydrogens (tertiary/aromatic N) is 1. The summed E-state index contributed by atoms with van der Waals surface area (Å²) in [7, 11) is 3.43. The van der Waals surface area contributed by atoms with E-state index in [-0.39, 0.29) is 18.4 Å². The number of carbonyl (C=O) groups excluding carboxylic acids is 1. The van der Waals surface area contributed by atoms with Gasteiger partial charge in [0.1, 0.15) is 6.61 Å². The second-order valence-electron chi connectivity index (χ2n) is 4.08. The van der Waals surface area contributed by atoms with Crippen LogP contribution in [0.25, 0.3) is 0 Å². The minimum atomic E-state index is 0.0638. The van der Waals surface area contributed by atoms with Gasteiger partial charge in [-0.25, -0.2) is 0 Å². The number of benzene rings is 1. The van der Waals surface area contributed by atoms with Gasteiger partial charge in [-0.2, -0.15) is 0 Å². The molecular weight excluding hydrogens is 238 g/mol. The molecule has 0 aliphatic rings. The summed E-state index contributed by atoms with van der Waals surface area (Å²) in [4.78, 5) is 13.4. The number of Topliss-reactive ketones (excluding diaryl/α,β-unsaturated/α-hetero) is 1. The second kappa shape index (κ2) is 6.74. The average Bonchev–Trinajstić information content (AvgIpc) is 2.29. The first kappa shape index (κ1) is 14.2. The zero-order valence-corrected chi connectivity index (χ0v) is 11.2. The summed E-state index contributed by atoms with van der Waals surface area (Å²) in [5, 5.41) is 0.728. The number of hydrogen-bond donors (Lipinski definition) is 0. The molecule has 0 N–H and O–H groups in total. The van der Waals surface area contributed by atoms with E-state index in [1.807, 2.05) is 43.1 Å². The van der Waals surface area contributed by atoms with E-state index in [1.165, 1.54) is 7.11 Å². The molecule has 0 amide bonds. The molecule has 3 nitrogen and oxygen atoms in total. The van der Waals surface area contributed by atoms with E-state index in [2.05, 4.69) is 0 Å². The highest BCUT2D eigenvalue weighted by Gasteiger charge is 2.16. The SMILES string of the molecule is COCC(=O)CN(C)C(C)c1ccccc1Cl. The van der Waals surface area contributed by atoms with Crippen LogP contribution in [0.15, 0.2) is 24.3 Å². The molecular formula is C13H18ClNO2. The standard InChI is InChI=1S/C13H18ClNO2/c1-10(12-6-4-5-7-13(12)14)15(2)8-11(16)9-17-3/h4-7,10H,8-9H2,1-3H3. The summed E-state index contributed by atoms with van der Waals surface area (Å²) in [6.45, 7) is 2.54. The van der Waals surface area contributed by atoms with Gasteiger partial charge in [0, 0.05) is 18.2 Å². The lowest BCUT2D eigenvalue weighted by Crippen LogP contribution is -2.30. The smallest absolute Gasteiger partial charge is 0.172 e. The van der Waals surface area contributed by atoms with E-state index in [0.29, 0.717) is 6.54 Å². The largest absolute Gasteiger partial charge is 0.377 e. The van der Waals surface area contributed by atoms with Gasteiger partial charge < -0.3 is 4.74 Å². The van der Waals surface area contributed by atoms with Gasteiger partial charge in [-0.3, -0.25) is 9.69 Å². The molecule has 0 aromatic heterocycles. The molecule has 0 saturated carbocycles. The third-order valence-corrected chi connectivity index (χ3v) is 3.09. The molecule has 0 spiro atoms. The molecule has 94 valence electrons. The zero-order valence-electron chi connectivity index (χ0n) is 10.4. The van der Waals surface area contributed by atoms with E-state index in [1.54, 1.807) is 0 Å². The quantitative estimate of drug-likeness (QED) is 0.782. The summed E-state index contributed by atoms with van der Waals surface area (Å²) in [6, 6.07) is 7.78. The molecule has 0 aliphatic carbocycles. The van der Waals surface area contributed by atoms with Crippen molar-refractivity contribution in [2.75, 3.05) is 27.3 Å². The van der Waals surface area contributed by atoms with Crippen LogP contribution < -0.4 is 0 Å². The Balaban J connectivity index is 2.67. The highest BCUT2D eigenvalue weighted by Crippen LogP contribution is 2.25. The van der Waals surface area contributed by atoms with E-state index in [0.717, 1.165) is 10.6 Å². The molecule has 0 radical (unpaired) electrons.